The fourth-order valence-electron chi connectivity index (χ4n) is 2.95. The Hall–Kier alpha value is -1.93. The molecule has 0 radical (unpaired) electrons. The molecular formula is C17H25N3O4S. The molecule has 0 unspecified atom stereocenters. The highest BCUT2D eigenvalue weighted by Gasteiger charge is 2.31. The summed E-state index contributed by atoms with van der Waals surface area (Å²) in [5.74, 6) is -0.833. The van der Waals surface area contributed by atoms with E-state index in [1.54, 1.807) is 24.3 Å². The smallest absolute Gasteiger partial charge is 0.228 e. The average molecular weight is 367 g/mol. The first kappa shape index (κ1) is 19.4. The molecule has 0 spiro atoms. The average Bonchev–Trinajstić information content (AvgIpc) is 2.56. The Labute approximate surface area is 148 Å². The van der Waals surface area contributed by atoms with Gasteiger partial charge in [-0.3, -0.25) is 9.59 Å². The van der Waals surface area contributed by atoms with Crippen LogP contribution in [0.1, 0.15) is 31.7 Å². The Bertz CT molecular complexity index is 716. The van der Waals surface area contributed by atoms with Crippen molar-refractivity contribution >= 4 is 27.5 Å². The van der Waals surface area contributed by atoms with Crippen LogP contribution in [0.2, 0.25) is 0 Å². The zero-order chi connectivity index (χ0) is 18.4. The Morgan fingerprint density at radius 2 is 1.96 bits per heavy atom. The number of carbonyl (C=O) groups is 2. The summed E-state index contributed by atoms with van der Waals surface area (Å²) in [7, 11) is -3.28. The van der Waals surface area contributed by atoms with E-state index in [1.807, 2.05) is 6.92 Å². The highest BCUT2D eigenvalue weighted by molar-refractivity contribution is 7.89. The summed E-state index contributed by atoms with van der Waals surface area (Å²) in [5.41, 5.74) is 6.54. The second-order valence-corrected chi connectivity index (χ2v) is 8.43. The van der Waals surface area contributed by atoms with Gasteiger partial charge in [0.05, 0.1) is 18.1 Å². The standard InChI is InChI=1S/C17H25N3O4S/c1-2-10-25(23,24)20-9-3-4-14(12-20)17(22)19-15-7-5-13(6-8-15)11-16(18)21/h5-8,14H,2-4,9-12H2,1H3,(H2,18,21)(H,19,22)/t14-/m0/s1. The fourth-order valence-corrected chi connectivity index (χ4v) is 4.54. The maximum absolute atomic E-state index is 12.5. The molecule has 0 bridgehead atoms. The van der Waals surface area contributed by atoms with Crippen LogP contribution in [0.4, 0.5) is 5.69 Å². The Kier molecular flexibility index (Phi) is 6.55. The number of hydrogen-bond acceptors (Lipinski definition) is 4. The summed E-state index contributed by atoms with van der Waals surface area (Å²) >= 11 is 0. The van der Waals surface area contributed by atoms with Gasteiger partial charge in [-0.2, -0.15) is 0 Å². The lowest BCUT2D eigenvalue weighted by atomic mass is 9.98. The predicted molar refractivity (Wildman–Crippen MR) is 96.3 cm³/mol. The van der Waals surface area contributed by atoms with Crippen molar-refractivity contribution in [2.75, 3.05) is 24.2 Å². The summed E-state index contributed by atoms with van der Waals surface area (Å²) in [5, 5.41) is 2.82. The Balaban J connectivity index is 1.97. The van der Waals surface area contributed by atoms with Gasteiger partial charge in [0.1, 0.15) is 0 Å². The van der Waals surface area contributed by atoms with E-state index in [9.17, 15) is 18.0 Å². The highest BCUT2D eigenvalue weighted by atomic mass is 32.2. The summed E-state index contributed by atoms with van der Waals surface area (Å²) in [6, 6.07) is 6.90. The molecule has 8 heteroatoms. The van der Waals surface area contributed by atoms with Crippen molar-refractivity contribution in [1.82, 2.24) is 4.31 Å². The summed E-state index contributed by atoms with van der Waals surface area (Å²) in [6.07, 6.45) is 2.07. The number of amides is 2. The van der Waals surface area contributed by atoms with Crippen LogP contribution in [0, 0.1) is 5.92 Å². The maximum atomic E-state index is 12.5. The number of carbonyl (C=O) groups excluding carboxylic acids is 2. The molecule has 0 aromatic heterocycles. The first-order chi connectivity index (χ1) is 11.8. The number of piperidine rings is 1. The van der Waals surface area contributed by atoms with Gasteiger partial charge in [-0.15, -0.1) is 0 Å². The molecule has 0 saturated carbocycles. The Morgan fingerprint density at radius 1 is 1.28 bits per heavy atom. The summed E-state index contributed by atoms with van der Waals surface area (Å²) in [4.78, 5) is 23.3. The molecule has 1 aromatic rings. The van der Waals surface area contributed by atoms with Crippen molar-refractivity contribution < 1.29 is 18.0 Å². The van der Waals surface area contributed by atoms with E-state index in [-0.39, 0.29) is 30.5 Å². The summed E-state index contributed by atoms with van der Waals surface area (Å²) < 4.78 is 25.8. The van der Waals surface area contributed by atoms with Crippen LogP contribution in [0.3, 0.4) is 0 Å². The van der Waals surface area contributed by atoms with Crippen LogP contribution in [0.5, 0.6) is 0 Å². The topological polar surface area (TPSA) is 110 Å². The number of nitrogens with one attached hydrogen (secondary N) is 1. The van der Waals surface area contributed by atoms with Crippen LogP contribution < -0.4 is 11.1 Å². The third-order valence-electron chi connectivity index (χ3n) is 4.21. The number of nitrogens with two attached hydrogens (primary N) is 1. The molecule has 1 atom stereocenters. The number of sulfonamides is 1. The lowest BCUT2D eigenvalue weighted by Gasteiger charge is -2.31. The van der Waals surface area contributed by atoms with E-state index in [2.05, 4.69) is 5.32 Å². The molecule has 1 saturated heterocycles. The minimum atomic E-state index is -3.28. The maximum Gasteiger partial charge on any atom is 0.228 e. The van der Waals surface area contributed by atoms with Gasteiger partial charge in [0.25, 0.3) is 0 Å². The molecule has 25 heavy (non-hydrogen) atoms. The first-order valence-electron chi connectivity index (χ1n) is 8.47. The van der Waals surface area contributed by atoms with E-state index in [4.69, 9.17) is 5.73 Å². The molecule has 1 aromatic carbocycles. The molecular weight excluding hydrogens is 342 g/mol. The van der Waals surface area contributed by atoms with Crippen molar-refractivity contribution in [3.63, 3.8) is 0 Å². The molecule has 7 nitrogen and oxygen atoms in total. The van der Waals surface area contributed by atoms with E-state index in [0.29, 0.717) is 31.5 Å². The van der Waals surface area contributed by atoms with Crippen LogP contribution >= 0.6 is 0 Å². The summed E-state index contributed by atoms with van der Waals surface area (Å²) in [6.45, 7) is 2.54. The van der Waals surface area contributed by atoms with E-state index < -0.39 is 15.9 Å². The third-order valence-corrected chi connectivity index (χ3v) is 6.25. The number of primary amides is 1. The zero-order valence-electron chi connectivity index (χ0n) is 14.4. The van der Waals surface area contributed by atoms with Gasteiger partial charge in [-0.05, 0) is 37.0 Å². The van der Waals surface area contributed by atoms with Crippen molar-refractivity contribution in [3.05, 3.63) is 29.8 Å². The molecule has 3 N–H and O–H groups in total. The lowest BCUT2D eigenvalue weighted by molar-refractivity contribution is -0.121. The van der Waals surface area contributed by atoms with Crippen LogP contribution in [0.15, 0.2) is 24.3 Å². The second kappa shape index (κ2) is 8.44. The predicted octanol–water partition coefficient (Wildman–Crippen LogP) is 1.10. The molecule has 138 valence electrons. The zero-order valence-corrected chi connectivity index (χ0v) is 15.2. The highest BCUT2D eigenvalue weighted by Crippen LogP contribution is 2.22. The van der Waals surface area contributed by atoms with Crippen LogP contribution in [-0.4, -0.2) is 43.4 Å². The number of benzene rings is 1. The first-order valence-corrected chi connectivity index (χ1v) is 10.1. The fraction of sp³-hybridized carbons (Fsp3) is 0.529. The minimum absolute atomic E-state index is 0.114. The van der Waals surface area contributed by atoms with Crippen LogP contribution in [-0.2, 0) is 26.0 Å². The molecule has 1 heterocycles. The lowest BCUT2D eigenvalue weighted by Crippen LogP contribution is -2.44. The van der Waals surface area contributed by atoms with Gasteiger partial charge < -0.3 is 11.1 Å². The minimum Gasteiger partial charge on any atom is -0.369 e. The van der Waals surface area contributed by atoms with Crippen molar-refractivity contribution in [1.29, 1.82) is 0 Å². The van der Waals surface area contributed by atoms with Gasteiger partial charge >= 0.3 is 0 Å². The monoisotopic (exact) mass is 367 g/mol. The molecule has 2 rings (SSSR count). The van der Waals surface area contributed by atoms with Crippen molar-refractivity contribution in [2.24, 2.45) is 11.7 Å². The number of anilines is 1. The normalized spacial score (nSPS) is 18.7. The van der Waals surface area contributed by atoms with Gasteiger partial charge in [0, 0.05) is 18.8 Å². The van der Waals surface area contributed by atoms with Gasteiger partial charge in [0.15, 0.2) is 0 Å². The van der Waals surface area contributed by atoms with Gasteiger partial charge in [0.2, 0.25) is 21.8 Å². The SMILES string of the molecule is CCCS(=O)(=O)N1CCC[C@H](C(=O)Nc2ccc(CC(N)=O)cc2)C1. The second-order valence-electron chi connectivity index (χ2n) is 6.34. The molecule has 1 fully saturated rings. The van der Waals surface area contributed by atoms with Crippen LogP contribution in [0.25, 0.3) is 0 Å². The molecule has 1 aliphatic heterocycles. The number of rotatable bonds is 7. The van der Waals surface area contributed by atoms with E-state index in [1.165, 1.54) is 4.31 Å². The van der Waals surface area contributed by atoms with Crippen molar-refractivity contribution in [2.45, 2.75) is 32.6 Å². The third kappa shape index (κ3) is 5.54. The van der Waals surface area contributed by atoms with Gasteiger partial charge in [-0.25, -0.2) is 12.7 Å². The number of nitrogens with zero attached hydrogens (tertiary/aromatic N) is 1. The largest absolute Gasteiger partial charge is 0.369 e. The Morgan fingerprint density at radius 3 is 2.56 bits per heavy atom. The molecule has 2 amide bonds. The van der Waals surface area contributed by atoms with E-state index >= 15 is 0 Å². The quantitative estimate of drug-likeness (QED) is 0.752. The molecule has 0 aliphatic carbocycles. The number of hydrogen-bond donors (Lipinski definition) is 2. The van der Waals surface area contributed by atoms with E-state index in [0.717, 1.165) is 5.56 Å². The van der Waals surface area contributed by atoms with Gasteiger partial charge in [-0.1, -0.05) is 19.1 Å². The molecule has 1 aliphatic rings. The van der Waals surface area contributed by atoms with Crippen molar-refractivity contribution in [3.8, 4) is 0 Å².